The van der Waals surface area contributed by atoms with E-state index in [4.69, 9.17) is 5.11 Å². The van der Waals surface area contributed by atoms with Crippen LogP contribution in [0.25, 0.3) is 0 Å². The minimum Gasteiger partial charge on any atom is -0.477 e. The van der Waals surface area contributed by atoms with Gasteiger partial charge in [-0.05, 0) is 31.4 Å². The summed E-state index contributed by atoms with van der Waals surface area (Å²) in [6.07, 6.45) is 5.06. The van der Waals surface area contributed by atoms with Crippen molar-refractivity contribution in [2.24, 2.45) is 0 Å². The van der Waals surface area contributed by atoms with Gasteiger partial charge in [0.2, 0.25) is 0 Å². The van der Waals surface area contributed by atoms with Crippen molar-refractivity contribution in [2.75, 3.05) is 6.54 Å². The van der Waals surface area contributed by atoms with Gasteiger partial charge in [-0.2, -0.15) is 4.31 Å². The molecule has 118 valence electrons. The molecule has 0 radical (unpaired) electrons. The maximum absolute atomic E-state index is 12.8. The number of aryl methyl sites for hydroxylation is 1. The van der Waals surface area contributed by atoms with Gasteiger partial charge in [0.15, 0.2) is 0 Å². The van der Waals surface area contributed by atoms with Gasteiger partial charge in [0.25, 0.3) is 10.0 Å². The molecule has 0 spiro atoms. The number of thiophene rings is 1. The third-order valence-corrected chi connectivity index (χ3v) is 7.65. The summed E-state index contributed by atoms with van der Waals surface area (Å²) in [7, 11) is -3.60. The van der Waals surface area contributed by atoms with Crippen LogP contribution < -0.4 is 0 Å². The van der Waals surface area contributed by atoms with Crippen LogP contribution in [0, 0.1) is 6.92 Å². The molecule has 0 unspecified atom stereocenters. The second-order valence-corrected chi connectivity index (χ2v) is 8.55. The normalized spacial score (nSPS) is 17.3. The van der Waals surface area contributed by atoms with E-state index < -0.39 is 16.0 Å². The number of sulfonamides is 1. The first-order chi connectivity index (χ1) is 9.87. The topological polar surface area (TPSA) is 74.7 Å². The Balaban J connectivity index is 2.34. The molecule has 0 bridgehead atoms. The van der Waals surface area contributed by atoms with E-state index in [2.05, 4.69) is 0 Å². The molecule has 1 aliphatic carbocycles. The summed E-state index contributed by atoms with van der Waals surface area (Å²) in [5, 5.41) is 9.09. The van der Waals surface area contributed by atoms with Crippen molar-refractivity contribution in [3.8, 4) is 0 Å². The molecule has 7 heteroatoms. The van der Waals surface area contributed by atoms with Crippen LogP contribution in [-0.2, 0) is 10.0 Å². The highest BCUT2D eigenvalue weighted by Gasteiger charge is 2.33. The Hall–Kier alpha value is -0.920. The number of carbonyl (C=O) groups is 1. The smallest absolute Gasteiger partial charge is 0.346 e. The van der Waals surface area contributed by atoms with Crippen molar-refractivity contribution in [1.82, 2.24) is 4.31 Å². The van der Waals surface area contributed by atoms with Crippen LogP contribution >= 0.6 is 11.3 Å². The van der Waals surface area contributed by atoms with Gasteiger partial charge >= 0.3 is 5.97 Å². The molecule has 1 N–H and O–H groups in total. The first kappa shape index (κ1) is 16.5. The summed E-state index contributed by atoms with van der Waals surface area (Å²) >= 11 is 0.853. The highest BCUT2D eigenvalue weighted by atomic mass is 32.2. The predicted molar refractivity (Wildman–Crippen MR) is 82.5 cm³/mol. The lowest BCUT2D eigenvalue weighted by Crippen LogP contribution is -2.40. The molecule has 2 rings (SSSR count). The van der Waals surface area contributed by atoms with E-state index in [1.165, 1.54) is 6.07 Å². The van der Waals surface area contributed by atoms with Crippen molar-refractivity contribution >= 4 is 27.3 Å². The number of carboxylic acids is 1. The molecular weight excluding hydrogens is 310 g/mol. The van der Waals surface area contributed by atoms with Crippen molar-refractivity contribution in [2.45, 2.75) is 56.2 Å². The summed E-state index contributed by atoms with van der Waals surface area (Å²) in [5.74, 6) is -1.07. The largest absolute Gasteiger partial charge is 0.477 e. The summed E-state index contributed by atoms with van der Waals surface area (Å²) in [6, 6.07) is 1.53. The molecular formula is C14H21NO4S2. The highest BCUT2D eigenvalue weighted by molar-refractivity contribution is 7.91. The summed E-state index contributed by atoms with van der Waals surface area (Å²) in [6.45, 7) is 3.90. The minimum absolute atomic E-state index is 0.0458. The second-order valence-electron chi connectivity index (χ2n) is 5.38. The summed E-state index contributed by atoms with van der Waals surface area (Å²) < 4.78 is 27.3. The van der Waals surface area contributed by atoms with Gasteiger partial charge in [-0.1, -0.05) is 26.2 Å². The summed E-state index contributed by atoms with van der Waals surface area (Å²) in [4.78, 5) is 11.2. The zero-order chi connectivity index (χ0) is 15.6. The third-order valence-electron chi connectivity index (χ3n) is 3.95. The standard InChI is InChI=1S/C14H21NO4S2/c1-3-15(11-7-5-4-6-8-11)21(18,19)12-9-10(2)13(20-12)14(16)17/h9,11H,3-8H2,1-2H3,(H,16,17). The molecule has 0 atom stereocenters. The Labute approximate surface area is 129 Å². The fourth-order valence-electron chi connectivity index (χ4n) is 2.90. The molecule has 0 amide bonds. The molecule has 0 aromatic carbocycles. The van der Waals surface area contributed by atoms with Crippen molar-refractivity contribution in [3.05, 3.63) is 16.5 Å². The Morgan fingerprint density at radius 2 is 2.00 bits per heavy atom. The molecule has 1 saturated carbocycles. The first-order valence-electron chi connectivity index (χ1n) is 7.23. The van der Waals surface area contributed by atoms with Crippen molar-refractivity contribution in [3.63, 3.8) is 0 Å². The van der Waals surface area contributed by atoms with Gasteiger partial charge < -0.3 is 5.11 Å². The molecule has 1 fully saturated rings. The zero-order valence-corrected chi connectivity index (χ0v) is 14.0. The lowest BCUT2D eigenvalue weighted by molar-refractivity contribution is 0.0701. The van der Waals surface area contributed by atoms with E-state index in [9.17, 15) is 13.2 Å². The van der Waals surface area contributed by atoms with E-state index in [-0.39, 0.29) is 15.1 Å². The Bertz CT molecular complexity index is 615. The number of nitrogens with zero attached hydrogens (tertiary/aromatic N) is 1. The van der Waals surface area contributed by atoms with Gasteiger partial charge in [0.1, 0.15) is 9.09 Å². The maximum atomic E-state index is 12.8. The van der Waals surface area contributed by atoms with E-state index >= 15 is 0 Å². The maximum Gasteiger partial charge on any atom is 0.346 e. The highest BCUT2D eigenvalue weighted by Crippen LogP contribution is 2.32. The lowest BCUT2D eigenvalue weighted by Gasteiger charge is -2.32. The van der Waals surface area contributed by atoms with Crippen LogP contribution in [0.1, 0.15) is 54.3 Å². The Kier molecular flexibility index (Phi) is 5.06. The van der Waals surface area contributed by atoms with E-state index in [1.807, 2.05) is 6.92 Å². The average Bonchev–Trinajstić information content (AvgIpc) is 2.83. The number of hydrogen-bond acceptors (Lipinski definition) is 4. The molecule has 1 aliphatic rings. The third kappa shape index (κ3) is 3.30. The average molecular weight is 331 g/mol. The number of carboxylic acid groups (broad SMARTS) is 1. The second kappa shape index (κ2) is 6.46. The van der Waals surface area contributed by atoms with Crippen LogP contribution in [0.2, 0.25) is 0 Å². The van der Waals surface area contributed by atoms with E-state index in [0.29, 0.717) is 12.1 Å². The predicted octanol–water partition coefficient (Wildman–Crippen LogP) is 3.10. The molecule has 0 saturated heterocycles. The Morgan fingerprint density at radius 1 is 1.38 bits per heavy atom. The fourth-order valence-corrected chi connectivity index (χ4v) is 6.10. The van der Waals surface area contributed by atoms with Crippen LogP contribution in [0.5, 0.6) is 0 Å². The zero-order valence-electron chi connectivity index (χ0n) is 12.3. The van der Waals surface area contributed by atoms with Gasteiger partial charge in [-0.3, -0.25) is 0 Å². The Morgan fingerprint density at radius 3 is 2.48 bits per heavy atom. The molecule has 0 aliphatic heterocycles. The molecule has 1 aromatic rings. The minimum atomic E-state index is -3.60. The van der Waals surface area contributed by atoms with Crippen LogP contribution in [-0.4, -0.2) is 36.4 Å². The fraction of sp³-hybridized carbons (Fsp3) is 0.643. The van der Waals surface area contributed by atoms with Crippen molar-refractivity contribution < 1.29 is 18.3 Å². The monoisotopic (exact) mass is 331 g/mol. The van der Waals surface area contributed by atoms with Crippen LogP contribution in [0.15, 0.2) is 10.3 Å². The molecule has 5 nitrogen and oxygen atoms in total. The SMILES string of the molecule is CCN(C1CCCCC1)S(=O)(=O)c1cc(C)c(C(=O)O)s1. The quantitative estimate of drug-likeness (QED) is 0.899. The number of hydrogen-bond donors (Lipinski definition) is 1. The van der Waals surface area contributed by atoms with Gasteiger partial charge in [0, 0.05) is 12.6 Å². The molecule has 1 aromatic heterocycles. The molecule has 1 heterocycles. The van der Waals surface area contributed by atoms with Gasteiger partial charge in [-0.25, -0.2) is 13.2 Å². The lowest BCUT2D eigenvalue weighted by atomic mass is 9.95. The van der Waals surface area contributed by atoms with Gasteiger partial charge in [-0.15, -0.1) is 11.3 Å². The number of rotatable bonds is 5. The van der Waals surface area contributed by atoms with E-state index in [0.717, 1.165) is 43.4 Å². The van der Waals surface area contributed by atoms with E-state index in [1.54, 1.807) is 11.2 Å². The number of aromatic carboxylic acids is 1. The van der Waals surface area contributed by atoms with Crippen LogP contribution in [0.3, 0.4) is 0 Å². The van der Waals surface area contributed by atoms with Gasteiger partial charge in [0.05, 0.1) is 0 Å². The summed E-state index contributed by atoms with van der Waals surface area (Å²) in [5.41, 5.74) is 0.505. The first-order valence-corrected chi connectivity index (χ1v) is 9.49. The van der Waals surface area contributed by atoms with Crippen molar-refractivity contribution in [1.29, 1.82) is 0 Å². The van der Waals surface area contributed by atoms with Crippen LogP contribution in [0.4, 0.5) is 0 Å². The molecule has 21 heavy (non-hydrogen) atoms.